The van der Waals surface area contributed by atoms with Gasteiger partial charge in [0.05, 0.1) is 16.9 Å². The Morgan fingerprint density at radius 1 is 0.960 bits per heavy atom. The predicted molar refractivity (Wildman–Crippen MR) is 95.9 cm³/mol. The van der Waals surface area contributed by atoms with E-state index in [0.29, 0.717) is 17.8 Å². The van der Waals surface area contributed by atoms with Gasteiger partial charge in [0, 0.05) is 11.5 Å². The lowest BCUT2D eigenvalue weighted by molar-refractivity contribution is -0.119. The maximum absolute atomic E-state index is 12.4. The molecule has 0 aliphatic rings. The number of carbonyl (C=O) groups is 3. The molecule has 0 bridgehead atoms. The molecule has 0 radical (unpaired) electrons. The quantitative estimate of drug-likeness (QED) is 0.748. The van der Waals surface area contributed by atoms with Gasteiger partial charge in [-0.15, -0.1) is 0 Å². The summed E-state index contributed by atoms with van der Waals surface area (Å²) in [5, 5.41) is 14.5. The number of aromatic carboxylic acids is 1. The van der Waals surface area contributed by atoms with Gasteiger partial charge >= 0.3 is 5.97 Å². The SMILES string of the molecule is CCC(C)C(=O)Nc1ccccc1NC(=O)c1cccc(C(=O)O)c1. The average molecular weight is 340 g/mol. The van der Waals surface area contributed by atoms with E-state index in [0.717, 1.165) is 0 Å². The van der Waals surface area contributed by atoms with Gasteiger partial charge in [-0.2, -0.15) is 0 Å². The molecule has 0 aromatic heterocycles. The lowest BCUT2D eigenvalue weighted by atomic mass is 10.1. The lowest BCUT2D eigenvalue weighted by Gasteiger charge is -2.14. The normalized spacial score (nSPS) is 11.4. The third-order valence-corrected chi connectivity index (χ3v) is 3.86. The van der Waals surface area contributed by atoms with Gasteiger partial charge in [0.25, 0.3) is 5.91 Å². The number of amides is 2. The molecule has 2 aromatic carbocycles. The number of para-hydroxylation sites is 2. The topological polar surface area (TPSA) is 95.5 Å². The van der Waals surface area contributed by atoms with Crippen LogP contribution < -0.4 is 10.6 Å². The maximum Gasteiger partial charge on any atom is 0.335 e. The number of hydrogen-bond acceptors (Lipinski definition) is 3. The molecule has 0 heterocycles. The summed E-state index contributed by atoms with van der Waals surface area (Å²) >= 11 is 0. The summed E-state index contributed by atoms with van der Waals surface area (Å²) in [5.74, 6) is -1.82. The Morgan fingerprint density at radius 3 is 2.16 bits per heavy atom. The van der Waals surface area contributed by atoms with Gasteiger partial charge in [0.15, 0.2) is 0 Å². The zero-order chi connectivity index (χ0) is 18.4. The fourth-order valence-electron chi connectivity index (χ4n) is 2.13. The molecule has 0 saturated heterocycles. The lowest BCUT2D eigenvalue weighted by Crippen LogP contribution is -2.21. The van der Waals surface area contributed by atoms with Crippen LogP contribution in [0.2, 0.25) is 0 Å². The molecule has 0 aliphatic heterocycles. The fraction of sp³-hybridized carbons (Fsp3) is 0.211. The van der Waals surface area contributed by atoms with E-state index in [2.05, 4.69) is 10.6 Å². The molecular formula is C19H20N2O4. The number of carbonyl (C=O) groups excluding carboxylic acids is 2. The number of carboxylic acid groups (broad SMARTS) is 1. The minimum absolute atomic E-state index is 0.0333. The first kappa shape index (κ1) is 18.2. The van der Waals surface area contributed by atoms with Crippen LogP contribution in [-0.4, -0.2) is 22.9 Å². The van der Waals surface area contributed by atoms with Crippen molar-refractivity contribution >= 4 is 29.2 Å². The molecule has 130 valence electrons. The van der Waals surface area contributed by atoms with Crippen molar-refractivity contribution in [1.82, 2.24) is 0 Å². The predicted octanol–water partition coefficient (Wildman–Crippen LogP) is 3.62. The van der Waals surface area contributed by atoms with Crippen LogP contribution in [-0.2, 0) is 4.79 Å². The highest BCUT2D eigenvalue weighted by Gasteiger charge is 2.15. The molecule has 1 atom stereocenters. The number of hydrogen-bond donors (Lipinski definition) is 3. The summed E-state index contributed by atoms with van der Waals surface area (Å²) in [6.07, 6.45) is 0.711. The van der Waals surface area contributed by atoms with Crippen molar-refractivity contribution in [2.75, 3.05) is 10.6 Å². The molecule has 6 heteroatoms. The van der Waals surface area contributed by atoms with Crippen molar-refractivity contribution < 1.29 is 19.5 Å². The third kappa shape index (κ3) is 4.67. The van der Waals surface area contributed by atoms with Crippen LogP contribution in [0.15, 0.2) is 48.5 Å². The van der Waals surface area contributed by atoms with Gasteiger partial charge in [-0.25, -0.2) is 4.79 Å². The Bertz CT molecular complexity index is 802. The second kappa shape index (κ2) is 8.10. The van der Waals surface area contributed by atoms with Crippen LogP contribution in [0.1, 0.15) is 41.0 Å². The minimum Gasteiger partial charge on any atom is -0.478 e. The van der Waals surface area contributed by atoms with Crippen molar-refractivity contribution in [2.45, 2.75) is 20.3 Å². The Balaban J connectivity index is 2.20. The zero-order valence-corrected chi connectivity index (χ0v) is 14.1. The summed E-state index contributed by atoms with van der Waals surface area (Å²) < 4.78 is 0. The van der Waals surface area contributed by atoms with E-state index in [1.807, 2.05) is 13.8 Å². The minimum atomic E-state index is -1.10. The number of carboxylic acids is 1. The van der Waals surface area contributed by atoms with Crippen molar-refractivity contribution in [3.05, 3.63) is 59.7 Å². The highest BCUT2D eigenvalue weighted by molar-refractivity contribution is 6.08. The molecule has 1 unspecified atom stereocenters. The molecule has 25 heavy (non-hydrogen) atoms. The van der Waals surface area contributed by atoms with Crippen LogP contribution in [0.4, 0.5) is 11.4 Å². The maximum atomic E-state index is 12.4. The molecule has 0 aliphatic carbocycles. The monoisotopic (exact) mass is 340 g/mol. The van der Waals surface area contributed by atoms with Gasteiger partial charge < -0.3 is 15.7 Å². The highest BCUT2D eigenvalue weighted by Crippen LogP contribution is 2.23. The largest absolute Gasteiger partial charge is 0.478 e. The van der Waals surface area contributed by atoms with E-state index in [1.54, 1.807) is 24.3 Å². The Morgan fingerprint density at radius 2 is 1.56 bits per heavy atom. The molecule has 0 spiro atoms. The van der Waals surface area contributed by atoms with Gasteiger partial charge in [-0.3, -0.25) is 9.59 Å². The molecule has 3 N–H and O–H groups in total. The third-order valence-electron chi connectivity index (χ3n) is 3.86. The van der Waals surface area contributed by atoms with Crippen LogP contribution in [0.25, 0.3) is 0 Å². The Hall–Kier alpha value is -3.15. The van der Waals surface area contributed by atoms with E-state index < -0.39 is 11.9 Å². The first-order valence-corrected chi connectivity index (χ1v) is 7.97. The zero-order valence-electron chi connectivity index (χ0n) is 14.1. The van der Waals surface area contributed by atoms with Crippen LogP contribution >= 0.6 is 0 Å². The molecule has 2 aromatic rings. The summed E-state index contributed by atoms with van der Waals surface area (Å²) in [6, 6.07) is 12.6. The summed E-state index contributed by atoms with van der Waals surface area (Å²) in [5.41, 5.74) is 1.20. The number of nitrogens with one attached hydrogen (secondary N) is 2. The van der Waals surface area contributed by atoms with Crippen molar-refractivity contribution in [2.24, 2.45) is 5.92 Å². The number of rotatable bonds is 6. The average Bonchev–Trinajstić information content (AvgIpc) is 2.62. The molecule has 2 amide bonds. The highest BCUT2D eigenvalue weighted by atomic mass is 16.4. The van der Waals surface area contributed by atoms with Gasteiger partial charge in [-0.1, -0.05) is 32.0 Å². The Labute approximate surface area is 145 Å². The van der Waals surface area contributed by atoms with E-state index in [-0.39, 0.29) is 23.0 Å². The van der Waals surface area contributed by atoms with Crippen molar-refractivity contribution in [1.29, 1.82) is 0 Å². The van der Waals surface area contributed by atoms with E-state index in [1.165, 1.54) is 24.3 Å². The van der Waals surface area contributed by atoms with Crippen LogP contribution in [0, 0.1) is 5.92 Å². The first-order valence-electron chi connectivity index (χ1n) is 7.97. The Kier molecular flexibility index (Phi) is 5.89. The molecule has 2 rings (SSSR count). The van der Waals surface area contributed by atoms with E-state index in [4.69, 9.17) is 5.11 Å². The molecule has 0 fully saturated rings. The second-order valence-corrected chi connectivity index (χ2v) is 5.68. The van der Waals surface area contributed by atoms with E-state index in [9.17, 15) is 14.4 Å². The summed E-state index contributed by atoms with van der Waals surface area (Å²) in [6.45, 7) is 3.75. The van der Waals surface area contributed by atoms with Crippen molar-refractivity contribution in [3.8, 4) is 0 Å². The standard InChI is InChI=1S/C19H20N2O4/c1-3-12(2)17(22)20-15-9-4-5-10-16(15)21-18(23)13-7-6-8-14(11-13)19(24)25/h4-12H,3H2,1-2H3,(H,20,22)(H,21,23)(H,24,25). The number of benzene rings is 2. The molecule has 6 nitrogen and oxygen atoms in total. The number of anilines is 2. The van der Waals surface area contributed by atoms with Gasteiger partial charge in [-0.05, 0) is 36.8 Å². The van der Waals surface area contributed by atoms with Gasteiger partial charge in [0.1, 0.15) is 0 Å². The smallest absolute Gasteiger partial charge is 0.335 e. The molecule has 0 saturated carbocycles. The summed E-state index contributed by atoms with van der Waals surface area (Å²) in [7, 11) is 0. The first-order chi connectivity index (χ1) is 11.9. The van der Waals surface area contributed by atoms with Crippen LogP contribution in [0.5, 0.6) is 0 Å². The van der Waals surface area contributed by atoms with Crippen molar-refractivity contribution in [3.63, 3.8) is 0 Å². The summed E-state index contributed by atoms with van der Waals surface area (Å²) in [4.78, 5) is 35.5. The van der Waals surface area contributed by atoms with Gasteiger partial charge in [0.2, 0.25) is 5.91 Å². The van der Waals surface area contributed by atoms with E-state index >= 15 is 0 Å². The fourth-order valence-corrected chi connectivity index (χ4v) is 2.13. The van der Waals surface area contributed by atoms with Crippen LogP contribution in [0.3, 0.4) is 0 Å². The second-order valence-electron chi connectivity index (χ2n) is 5.68. The molecular weight excluding hydrogens is 320 g/mol.